The average molecular weight is 415 g/mol. The zero-order chi connectivity index (χ0) is 21.1. The van der Waals surface area contributed by atoms with Crippen molar-refractivity contribution in [2.75, 3.05) is 38.0 Å². The highest BCUT2D eigenvalue weighted by Crippen LogP contribution is 2.26. The second kappa shape index (κ2) is 12.1. The van der Waals surface area contributed by atoms with Crippen LogP contribution in [0.2, 0.25) is 5.02 Å². The van der Waals surface area contributed by atoms with E-state index in [2.05, 4.69) is 10.6 Å². The van der Waals surface area contributed by atoms with E-state index in [-0.39, 0.29) is 36.7 Å². The molecule has 1 rings (SSSR count). The first-order valence-electron chi connectivity index (χ1n) is 8.78. The quantitative estimate of drug-likeness (QED) is 0.250. The molecule has 1 atom stereocenters. The van der Waals surface area contributed by atoms with Gasteiger partial charge in [-0.05, 0) is 24.6 Å². The summed E-state index contributed by atoms with van der Waals surface area (Å²) in [6.07, 6.45) is 0.185. The van der Waals surface area contributed by atoms with Crippen LogP contribution in [0.15, 0.2) is 18.2 Å². The molecule has 0 fully saturated rings. The van der Waals surface area contributed by atoms with Gasteiger partial charge in [-0.3, -0.25) is 14.4 Å². The van der Waals surface area contributed by atoms with Crippen molar-refractivity contribution in [3.05, 3.63) is 23.2 Å². The number of carbonyl (C=O) groups excluding carboxylic acids is 3. The fraction of sp³-hybridized carbons (Fsp3) is 0.471. The molecule has 0 aliphatic rings. The lowest BCUT2D eigenvalue weighted by Crippen LogP contribution is -2.45. The minimum atomic E-state index is -0.950. The van der Waals surface area contributed by atoms with E-state index in [1.807, 2.05) is 0 Å². The van der Waals surface area contributed by atoms with Crippen molar-refractivity contribution in [3.63, 3.8) is 0 Å². The number of anilines is 1. The molecule has 0 heterocycles. The molecule has 9 N–H and O–H groups in total. The minimum Gasteiger partial charge on any atom is -0.506 e. The molecule has 0 bridgehead atoms. The van der Waals surface area contributed by atoms with Crippen LogP contribution in [0.4, 0.5) is 5.69 Å². The smallest absolute Gasteiger partial charge is 0.243 e. The number of nitrogens with zero attached hydrogens (tertiary/aromatic N) is 1. The summed E-state index contributed by atoms with van der Waals surface area (Å²) in [7, 11) is 0. The molecule has 10 nitrogen and oxygen atoms in total. The molecule has 28 heavy (non-hydrogen) atoms. The fourth-order valence-corrected chi connectivity index (χ4v) is 2.51. The van der Waals surface area contributed by atoms with Gasteiger partial charge >= 0.3 is 0 Å². The Balaban J connectivity index is 2.42. The van der Waals surface area contributed by atoms with Crippen LogP contribution in [0, 0.1) is 0 Å². The first-order chi connectivity index (χ1) is 13.3. The van der Waals surface area contributed by atoms with Crippen molar-refractivity contribution in [3.8, 4) is 5.75 Å². The Morgan fingerprint density at radius 2 is 1.82 bits per heavy atom. The van der Waals surface area contributed by atoms with Gasteiger partial charge in [0.25, 0.3) is 0 Å². The molecule has 0 aliphatic carbocycles. The molecular weight excluding hydrogens is 388 g/mol. The van der Waals surface area contributed by atoms with Gasteiger partial charge in [-0.1, -0.05) is 11.6 Å². The van der Waals surface area contributed by atoms with Gasteiger partial charge in [-0.25, -0.2) is 0 Å². The van der Waals surface area contributed by atoms with Crippen LogP contribution in [0.25, 0.3) is 0 Å². The number of phenolic OH excluding ortho intramolecular Hbond substituents is 1. The Hall–Kier alpha value is -2.40. The molecule has 0 saturated heterocycles. The number of carbonyl (C=O) groups is 3. The van der Waals surface area contributed by atoms with E-state index < -0.39 is 17.9 Å². The molecule has 0 aromatic heterocycles. The third kappa shape index (κ3) is 8.09. The molecule has 3 amide bonds. The van der Waals surface area contributed by atoms with Crippen LogP contribution in [-0.4, -0.2) is 66.5 Å². The van der Waals surface area contributed by atoms with Crippen molar-refractivity contribution < 1.29 is 19.5 Å². The lowest BCUT2D eigenvalue weighted by atomic mass is 10.1. The first-order valence-corrected chi connectivity index (χ1v) is 9.15. The molecule has 1 aromatic rings. The Morgan fingerprint density at radius 3 is 2.43 bits per heavy atom. The molecule has 156 valence electrons. The lowest BCUT2D eigenvalue weighted by Gasteiger charge is -2.22. The van der Waals surface area contributed by atoms with Crippen molar-refractivity contribution in [1.29, 1.82) is 0 Å². The monoisotopic (exact) mass is 414 g/mol. The van der Waals surface area contributed by atoms with E-state index in [1.54, 1.807) is 0 Å². The number of nitrogens with one attached hydrogen (secondary N) is 2. The van der Waals surface area contributed by atoms with Crippen LogP contribution in [-0.2, 0) is 14.4 Å². The van der Waals surface area contributed by atoms with Crippen molar-refractivity contribution in [2.45, 2.75) is 18.9 Å². The van der Waals surface area contributed by atoms with E-state index in [0.29, 0.717) is 31.2 Å². The number of hydrogen-bond donors (Lipinski definition) is 6. The summed E-state index contributed by atoms with van der Waals surface area (Å²) in [5.74, 6) is -1.47. The van der Waals surface area contributed by atoms with Crippen LogP contribution in [0.1, 0.15) is 12.8 Å². The fourth-order valence-electron chi connectivity index (χ4n) is 2.34. The molecule has 0 aliphatic heterocycles. The molecule has 0 radical (unpaired) electrons. The maximum Gasteiger partial charge on any atom is 0.243 e. The Kier molecular flexibility index (Phi) is 10.2. The predicted molar refractivity (Wildman–Crippen MR) is 107 cm³/mol. The summed E-state index contributed by atoms with van der Waals surface area (Å²) in [4.78, 5) is 37.5. The van der Waals surface area contributed by atoms with Gasteiger partial charge in [0.05, 0.1) is 18.3 Å². The Labute approximate surface area is 168 Å². The van der Waals surface area contributed by atoms with Gasteiger partial charge in [0, 0.05) is 37.6 Å². The number of nitrogens with two attached hydrogens (primary N) is 3. The van der Waals surface area contributed by atoms with E-state index >= 15 is 0 Å². The van der Waals surface area contributed by atoms with Gasteiger partial charge < -0.3 is 37.8 Å². The van der Waals surface area contributed by atoms with Gasteiger partial charge in [-0.15, -0.1) is 0 Å². The lowest BCUT2D eigenvalue weighted by molar-refractivity contribution is -0.131. The number of amides is 3. The molecule has 0 saturated carbocycles. The van der Waals surface area contributed by atoms with E-state index in [4.69, 9.17) is 28.8 Å². The molecule has 1 aromatic carbocycles. The Bertz CT molecular complexity index is 682. The molecular formula is C17H27ClN6O4. The summed E-state index contributed by atoms with van der Waals surface area (Å²) < 4.78 is 0. The predicted octanol–water partition coefficient (Wildman–Crippen LogP) is -1.05. The number of phenols is 1. The number of rotatable bonds is 11. The number of hydrogen-bond acceptors (Lipinski definition) is 7. The van der Waals surface area contributed by atoms with Crippen LogP contribution < -0.4 is 27.8 Å². The van der Waals surface area contributed by atoms with Crippen LogP contribution >= 0.6 is 11.6 Å². The summed E-state index contributed by atoms with van der Waals surface area (Å²) in [6, 6.07) is 3.23. The summed E-state index contributed by atoms with van der Waals surface area (Å²) >= 11 is 5.80. The van der Waals surface area contributed by atoms with Gasteiger partial charge in [0.15, 0.2) is 0 Å². The SMILES string of the molecule is NCCN(CCN)C(=O)CCC(N)C(=O)NCC(=O)Nc1cc(Cl)ccc1O. The van der Waals surface area contributed by atoms with Gasteiger partial charge in [-0.2, -0.15) is 0 Å². The molecule has 11 heteroatoms. The summed E-state index contributed by atoms with van der Waals surface area (Å²) in [6.45, 7) is 1.05. The van der Waals surface area contributed by atoms with Gasteiger partial charge in [0.1, 0.15) is 5.75 Å². The largest absolute Gasteiger partial charge is 0.506 e. The van der Waals surface area contributed by atoms with Gasteiger partial charge in [0.2, 0.25) is 17.7 Å². The van der Waals surface area contributed by atoms with E-state index in [0.717, 1.165) is 0 Å². The average Bonchev–Trinajstić information content (AvgIpc) is 2.66. The Morgan fingerprint density at radius 1 is 1.18 bits per heavy atom. The normalized spacial score (nSPS) is 11.6. The number of halogens is 1. The summed E-state index contributed by atoms with van der Waals surface area (Å²) in [5.41, 5.74) is 16.8. The molecule has 1 unspecified atom stereocenters. The maximum atomic E-state index is 12.1. The zero-order valence-electron chi connectivity index (χ0n) is 15.5. The van der Waals surface area contributed by atoms with Crippen molar-refractivity contribution in [1.82, 2.24) is 10.2 Å². The zero-order valence-corrected chi connectivity index (χ0v) is 16.2. The maximum absolute atomic E-state index is 12.1. The number of aromatic hydroxyl groups is 1. The standard InChI is InChI=1S/C17H27ClN6O4/c18-11-1-3-14(25)13(9-11)23-15(26)10-22-17(28)12(21)2-4-16(27)24(7-5-19)8-6-20/h1,3,9,12,25H,2,4-8,10,19-21H2,(H,22,28)(H,23,26). The van der Waals surface area contributed by atoms with Crippen molar-refractivity contribution >= 4 is 35.0 Å². The molecule has 0 spiro atoms. The highest BCUT2D eigenvalue weighted by molar-refractivity contribution is 6.31. The first kappa shape index (κ1) is 23.6. The van der Waals surface area contributed by atoms with Crippen molar-refractivity contribution in [2.24, 2.45) is 17.2 Å². The van der Waals surface area contributed by atoms with Crippen LogP contribution in [0.5, 0.6) is 5.75 Å². The summed E-state index contributed by atoms with van der Waals surface area (Å²) in [5, 5.41) is 14.8. The van der Waals surface area contributed by atoms with Crippen LogP contribution in [0.3, 0.4) is 0 Å². The van der Waals surface area contributed by atoms with E-state index in [1.165, 1.54) is 23.1 Å². The second-order valence-corrected chi connectivity index (χ2v) is 6.47. The number of benzene rings is 1. The van der Waals surface area contributed by atoms with E-state index in [9.17, 15) is 19.5 Å². The third-order valence-corrected chi connectivity index (χ3v) is 4.05. The third-order valence-electron chi connectivity index (χ3n) is 3.81. The highest BCUT2D eigenvalue weighted by atomic mass is 35.5. The topological polar surface area (TPSA) is 177 Å². The minimum absolute atomic E-state index is 0.0666. The highest BCUT2D eigenvalue weighted by Gasteiger charge is 2.19. The second-order valence-electron chi connectivity index (χ2n) is 6.03.